The fourth-order valence-electron chi connectivity index (χ4n) is 2.71. The number of nitrogens with zero attached hydrogens (tertiary/aromatic N) is 1. The van der Waals surface area contributed by atoms with Crippen molar-refractivity contribution in [3.8, 4) is 0 Å². The van der Waals surface area contributed by atoms with E-state index in [4.69, 9.17) is 0 Å². The lowest BCUT2D eigenvalue weighted by Gasteiger charge is -2.15. The third-order valence-electron chi connectivity index (χ3n) is 3.91. The van der Waals surface area contributed by atoms with Crippen molar-refractivity contribution in [2.24, 2.45) is 0 Å². The molecule has 23 heavy (non-hydrogen) atoms. The molecule has 2 aromatic carbocycles. The second-order valence-electron chi connectivity index (χ2n) is 5.51. The fraction of sp³-hybridized carbons (Fsp3) is 0.222. The molecule has 4 nitrogen and oxygen atoms in total. The van der Waals surface area contributed by atoms with E-state index >= 15 is 0 Å². The summed E-state index contributed by atoms with van der Waals surface area (Å²) in [5, 5.41) is 2.73. The van der Waals surface area contributed by atoms with Gasteiger partial charge in [0.2, 0.25) is 5.91 Å². The van der Waals surface area contributed by atoms with Gasteiger partial charge >= 0.3 is 0 Å². The van der Waals surface area contributed by atoms with Gasteiger partial charge in [-0.25, -0.2) is 4.39 Å². The van der Waals surface area contributed by atoms with Gasteiger partial charge in [0.25, 0.3) is 5.91 Å². The van der Waals surface area contributed by atoms with E-state index < -0.39 is 0 Å². The number of benzene rings is 2. The topological polar surface area (TPSA) is 49.4 Å². The molecular weight excluding hydrogens is 295 g/mol. The summed E-state index contributed by atoms with van der Waals surface area (Å²) in [6.07, 6.45) is 0.423. The number of amides is 2. The van der Waals surface area contributed by atoms with Gasteiger partial charge in [-0.3, -0.25) is 9.59 Å². The van der Waals surface area contributed by atoms with Crippen molar-refractivity contribution in [1.29, 1.82) is 0 Å². The van der Waals surface area contributed by atoms with E-state index in [1.807, 2.05) is 18.2 Å². The minimum atomic E-state index is -0.271. The number of carbonyl (C=O) groups is 2. The molecule has 2 aromatic rings. The van der Waals surface area contributed by atoms with Crippen molar-refractivity contribution in [3.05, 3.63) is 71.0 Å². The molecule has 0 atom stereocenters. The van der Waals surface area contributed by atoms with Crippen molar-refractivity contribution in [2.45, 2.75) is 13.0 Å². The largest absolute Gasteiger partial charge is 0.354 e. The van der Waals surface area contributed by atoms with E-state index in [9.17, 15) is 14.0 Å². The van der Waals surface area contributed by atoms with Crippen LogP contribution in [-0.4, -0.2) is 29.8 Å². The van der Waals surface area contributed by atoms with Crippen molar-refractivity contribution in [1.82, 2.24) is 10.2 Å². The molecule has 1 heterocycles. The third-order valence-corrected chi connectivity index (χ3v) is 3.91. The monoisotopic (exact) mass is 312 g/mol. The summed E-state index contributed by atoms with van der Waals surface area (Å²) < 4.78 is 13.5. The van der Waals surface area contributed by atoms with Gasteiger partial charge in [-0.05, 0) is 29.7 Å². The van der Waals surface area contributed by atoms with Crippen LogP contribution in [0.15, 0.2) is 48.5 Å². The SMILES string of the molecule is O=C(CN1Cc2ccccc2C1=O)NCCc1ccccc1F. The Balaban J connectivity index is 1.49. The molecule has 0 unspecified atom stereocenters. The van der Waals surface area contributed by atoms with E-state index in [1.165, 1.54) is 11.0 Å². The average Bonchev–Trinajstić information content (AvgIpc) is 2.86. The van der Waals surface area contributed by atoms with E-state index in [0.717, 1.165) is 5.56 Å². The van der Waals surface area contributed by atoms with Crippen LogP contribution in [0.5, 0.6) is 0 Å². The van der Waals surface area contributed by atoms with E-state index in [-0.39, 0.29) is 24.2 Å². The number of rotatable bonds is 5. The maximum atomic E-state index is 13.5. The Bertz CT molecular complexity index is 745. The lowest BCUT2D eigenvalue weighted by atomic mass is 10.1. The summed E-state index contributed by atoms with van der Waals surface area (Å²) in [5.41, 5.74) is 2.17. The van der Waals surface area contributed by atoms with Crippen molar-refractivity contribution in [3.63, 3.8) is 0 Å². The first-order valence-corrected chi connectivity index (χ1v) is 7.52. The van der Waals surface area contributed by atoms with Crippen LogP contribution < -0.4 is 5.32 Å². The molecule has 0 aliphatic carbocycles. The Morgan fingerprint density at radius 2 is 1.87 bits per heavy atom. The van der Waals surface area contributed by atoms with Gasteiger partial charge < -0.3 is 10.2 Å². The Hall–Kier alpha value is -2.69. The average molecular weight is 312 g/mol. The number of nitrogens with one attached hydrogen (secondary N) is 1. The van der Waals surface area contributed by atoms with Gasteiger partial charge in [0.1, 0.15) is 12.4 Å². The van der Waals surface area contributed by atoms with Crippen LogP contribution in [0.1, 0.15) is 21.5 Å². The highest BCUT2D eigenvalue weighted by Gasteiger charge is 2.27. The second-order valence-corrected chi connectivity index (χ2v) is 5.51. The Morgan fingerprint density at radius 3 is 2.65 bits per heavy atom. The number of fused-ring (bicyclic) bond motifs is 1. The maximum Gasteiger partial charge on any atom is 0.254 e. The minimum Gasteiger partial charge on any atom is -0.354 e. The standard InChI is InChI=1S/C18H17FN2O2/c19-16-8-4-2-5-13(16)9-10-20-17(22)12-21-11-14-6-1-3-7-15(14)18(21)23/h1-8H,9-12H2,(H,20,22). The molecule has 1 N–H and O–H groups in total. The van der Waals surface area contributed by atoms with Gasteiger partial charge in [0.15, 0.2) is 0 Å². The first-order chi connectivity index (χ1) is 11.1. The molecule has 0 spiro atoms. The fourth-order valence-corrected chi connectivity index (χ4v) is 2.71. The van der Waals surface area contributed by atoms with Gasteiger partial charge in [-0.2, -0.15) is 0 Å². The van der Waals surface area contributed by atoms with Crippen molar-refractivity contribution in [2.75, 3.05) is 13.1 Å². The highest BCUT2D eigenvalue weighted by Crippen LogP contribution is 2.21. The normalized spacial score (nSPS) is 13.1. The molecule has 118 valence electrons. The van der Waals surface area contributed by atoms with Crippen LogP contribution >= 0.6 is 0 Å². The molecule has 0 fully saturated rings. The molecule has 2 amide bonds. The zero-order valence-electron chi connectivity index (χ0n) is 12.6. The van der Waals surface area contributed by atoms with Crippen molar-refractivity contribution >= 4 is 11.8 Å². The lowest BCUT2D eigenvalue weighted by molar-refractivity contribution is -0.121. The van der Waals surface area contributed by atoms with Crippen LogP contribution in [0.25, 0.3) is 0 Å². The third kappa shape index (κ3) is 3.39. The van der Waals surface area contributed by atoms with Gasteiger partial charge in [0, 0.05) is 18.7 Å². The highest BCUT2D eigenvalue weighted by molar-refractivity contribution is 6.00. The molecule has 0 saturated heterocycles. The Kier molecular flexibility index (Phi) is 4.37. The molecule has 0 radical (unpaired) electrons. The predicted octanol–water partition coefficient (Wildman–Crippen LogP) is 2.14. The molecule has 1 aliphatic heterocycles. The zero-order chi connectivity index (χ0) is 16.2. The number of hydrogen-bond acceptors (Lipinski definition) is 2. The van der Waals surface area contributed by atoms with Crippen LogP contribution in [0.3, 0.4) is 0 Å². The number of carbonyl (C=O) groups excluding carboxylic acids is 2. The summed E-state index contributed by atoms with van der Waals surface area (Å²) in [7, 11) is 0. The Morgan fingerprint density at radius 1 is 1.13 bits per heavy atom. The molecule has 1 aliphatic rings. The molecule has 0 bridgehead atoms. The number of hydrogen-bond donors (Lipinski definition) is 1. The first kappa shape index (κ1) is 15.2. The van der Waals surface area contributed by atoms with Gasteiger partial charge in [-0.1, -0.05) is 36.4 Å². The molecular formula is C18H17FN2O2. The van der Waals surface area contributed by atoms with Crippen LogP contribution in [0, 0.1) is 5.82 Å². The molecule has 0 aromatic heterocycles. The summed E-state index contributed by atoms with van der Waals surface area (Å²) in [6.45, 7) is 0.815. The van der Waals surface area contributed by atoms with Crippen LogP contribution in [-0.2, 0) is 17.8 Å². The maximum absolute atomic E-state index is 13.5. The highest BCUT2D eigenvalue weighted by atomic mass is 19.1. The summed E-state index contributed by atoms with van der Waals surface area (Å²) in [4.78, 5) is 25.7. The second kappa shape index (κ2) is 6.60. The number of halogens is 1. The van der Waals surface area contributed by atoms with E-state index in [2.05, 4.69) is 5.32 Å². The molecule has 0 saturated carbocycles. The molecule has 3 rings (SSSR count). The predicted molar refractivity (Wildman–Crippen MR) is 84.3 cm³/mol. The van der Waals surface area contributed by atoms with Crippen LogP contribution in [0.4, 0.5) is 4.39 Å². The smallest absolute Gasteiger partial charge is 0.254 e. The quantitative estimate of drug-likeness (QED) is 0.919. The Labute approximate surface area is 133 Å². The van der Waals surface area contributed by atoms with Gasteiger partial charge in [-0.15, -0.1) is 0 Å². The van der Waals surface area contributed by atoms with E-state index in [1.54, 1.807) is 24.3 Å². The molecule has 5 heteroatoms. The summed E-state index contributed by atoms with van der Waals surface area (Å²) in [6, 6.07) is 13.9. The first-order valence-electron chi connectivity index (χ1n) is 7.52. The summed E-state index contributed by atoms with van der Waals surface area (Å²) >= 11 is 0. The van der Waals surface area contributed by atoms with Gasteiger partial charge in [0.05, 0.1) is 0 Å². The van der Waals surface area contributed by atoms with Crippen LogP contribution in [0.2, 0.25) is 0 Å². The lowest BCUT2D eigenvalue weighted by Crippen LogP contribution is -2.38. The van der Waals surface area contributed by atoms with E-state index in [0.29, 0.717) is 30.6 Å². The minimum absolute atomic E-state index is 0.0186. The zero-order valence-corrected chi connectivity index (χ0v) is 12.6. The summed E-state index contributed by atoms with van der Waals surface area (Å²) in [5.74, 6) is -0.626. The van der Waals surface area contributed by atoms with Crippen molar-refractivity contribution < 1.29 is 14.0 Å².